The lowest BCUT2D eigenvalue weighted by Gasteiger charge is -2.10. The molecule has 1 aromatic carbocycles. The first-order chi connectivity index (χ1) is 8.50. The number of rotatable bonds is 6. The summed E-state index contributed by atoms with van der Waals surface area (Å²) in [4.78, 5) is 11.3. The summed E-state index contributed by atoms with van der Waals surface area (Å²) in [5.74, 6) is -0.394. The van der Waals surface area contributed by atoms with E-state index in [1.54, 1.807) is 24.3 Å². The summed E-state index contributed by atoms with van der Waals surface area (Å²) in [6.07, 6.45) is -4.11. The summed E-state index contributed by atoms with van der Waals surface area (Å²) in [5.41, 5.74) is 0.823. The van der Waals surface area contributed by atoms with E-state index in [1.807, 2.05) is 0 Å². The van der Waals surface area contributed by atoms with Gasteiger partial charge in [-0.25, -0.2) is 8.78 Å². The van der Waals surface area contributed by atoms with Gasteiger partial charge in [-0.1, -0.05) is 29.8 Å². The zero-order chi connectivity index (χ0) is 13.5. The standard InChI is InChI=1S/C12H14ClF2NO2/c13-9-4-2-1-3-8(9)5-6-11(18)16-7-10(17)12(14)15/h1-4,10,12,17H,5-7H2,(H,16,18). The van der Waals surface area contributed by atoms with Crippen LogP contribution in [0.4, 0.5) is 8.78 Å². The average Bonchev–Trinajstić information content (AvgIpc) is 2.34. The highest BCUT2D eigenvalue weighted by atomic mass is 35.5. The fourth-order valence-corrected chi connectivity index (χ4v) is 1.58. The molecule has 0 aliphatic carbocycles. The summed E-state index contributed by atoms with van der Waals surface area (Å²) in [6.45, 7) is -0.445. The lowest BCUT2D eigenvalue weighted by Crippen LogP contribution is -2.35. The lowest BCUT2D eigenvalue weighted by molar-refractivity contribution is -0.122. The number of aliphatic hydroxyl groups excluding tert-OH is 1. The molecule has 1 amide bonds. The largest absolute Gasteiger partial charge is 0.385 e. The number of aryl methyl sites for hydroxylation is 1. The number of nitrogens with one attached hydrogen (secondary N) is 1. The van der Waals surface area contributed by atoms with Crippen LogP contribution < -0.4 is 5.32 Å². The van der Waals surface area contributed by atoms with Gasteiger partial charge < -0.3 is 10.4 Å². The molecule has 1 rings (SSSR count). The Kier molecular flexibility index (Phi) is 6.01. The first-order valence-corrected chi connectivity index (χ1v) is 5.85. The van der Waals surface area contributed by atoms with Crippen LogP contribution >= 0.6 is 11.6 Å². The van der Waals surface area contributed by atoms with Gasteiger partial charge in [-0.3, -0.25) is 4.79 Å². The molecule has 0 radical (unpaired) electrons. The van der Waals surface area contributed by atoms with Gasteiger partial charge in [0.05, 0.1) is 0 Å². The molecule has 2 N–H and O–H groups in total. The Balaban J connectivity index is 2.32. The van der Waals surface area contributed by atoms with E-state index < -0.39 is 25.0 Å². The van der Waals surface area contributed by atoms with Gasteiger partial charge in [0.2, 0.25) is 5.91 Å². The highest BCUT2D eigenvalue weighted by Gasteiger charge is 2.17. The Hall–Kier alpha value is -1.20. The number of amides is 1. The summed E-state index contributed by atoms with van der Waals surface area (Å²) in [6, 6.07) is 7.10. The fourth-order valence-electron chi connectivity index (χ4n) is 1.35. The van der Waals surface area contributed by atoms with Gasteiger partial charge in [0.1, 0.15) is 6.10 Å². The molecule has 0 aromatic heterocycles. The zero-order valence-corrected chi connectivity index (χ0v) is 10.3. The highest BCUT2D eigenvalue weighted by Crippen LogP contribution is 2.16. The number of benzene rings is 1. The number of carbonyl (C=O) groups is 1. The van der Waals surface area contributed by atoms with Gasteiger partial charge in [0.15, 0.2) is 0 Å². The average molecular weight is 278 g/mol. The number of carbonyl (C=O) groups excluding carboxylic acids is 1. The van der Waals surface area contributed by atoms with E-state index >= 15 is 0 Å². The molecule has 0 spiro atoms. The topological polar surface area (TPSA) is 49.3 Å². The third-order valence-corrected chi connectivity index (χ3v) is 2.75. The Morgan fingerprint density at radius 2 is 2.06 bits per heavy atom. The molecule has 0 heterocycles. The summed E-state index contributed by atoms with van der Waals surface area (Å²) >= 11 is 5.91. The van der Waals surface area contributed by atoms with Crippen molar-refractivity contribution in [3.63, 3.8) is 0 Å². The monoisotopic (exact) mass is 277 g/mol. The minimum absolute atomic E-state index is 0.139. The van der Waals surface area contributed by atoms with Crippen molar-refractivity contribution in [3.05, 3.63) is 34.9 Å². The molecule has 0 saturated carbocycles. The highest BCUT2D eigenvalue weighted by molar-refractivity contribution is 6.31. The first-order valence-electron chi connectivity index (χ1n) is 5.47. The summed E-state index contributed by atoms with van der Waals surface area (Å²) in [7, 11) is 0. The molecule has 6 heteroatoms. The molecule has 0 aliphatic rings. The van der Waals surface area contributed by atoms with Gasteiger partial charge in [-0.2, -0.15) is 0 Å². The van der Waals surface area contributed by atoms with Crippen molar-refractivity contribution < 1.29 is 18.7 Å². The predicted molar refractivity (Wildman–Crippen MR) is 64.8 cm³/mol. The molecular weight excluding hydrogens is 264 g/mol. The summed E-state index contributed by atoms with van der Waals surface area (Å²) < 4.78 is 23.9. The molecule has 0 fully saturated rings. The van der Waals surface area contributed by atoms with E-state index in [1.165, 1.54) is 0 Å². The van der Waals surface area contributed by atoms with Crippen LogP contribution in [-0.4, -0.2) is 30.1 Å². The van der Waals surface area contributed by atoms with Crippen molar-refractivity contribution in [1.29, 1.82) is 0 Å². The minimum atomic E-state index is -2.85. The Morgan fingerprint density at radius 3 is 2.67 bits per heavy atom. The van der Waals surface area contributed by atoms with E-state index in [2.05, 4.69) is 5.32 Å². The van der Waals surface area contributed by atoms with Gasteiger partial charge >= 0.3 is 0 Å². The lowest BCUT2D eigenvalue weighted by atomic mass is 10.1. The molecule has 0 aliphatic heterocycles. The van der Waals surface area contributed by atoms with E-state index in [9.17, 15) is 13.6 Å². The van der Waals surface area contributed by atoms with Crippen LogP contribution in [-0.2, 0) is 11.2 Å². The number of halogens is 3. The predicted octanol–water partition coefficient (Wildman–Crippen LogP) is 2.01. The van der Waals surface area contributed by atoms with Gasteiger partial charge in [-0.05, 0) is 18.1 Å². The van der Waals surface area contributed by atoms with Crippen molar-refractivity contribution >= 4 is 17.5 Å². The first kappa shape index (κ1) is 14.9. The quantitative estimate of drug-likeness (QED) is 0.836. The second kappa shape index (κ2) is 7.28. The van der Waals surface area contributed by atoms with Crippen LogP contribution in [0.25, 0.3) is 0 Å². The fraction of sp³-hybridized carbons (Fsp3) is 0.417. The maximum absolute atomic E-state index is 12.0. The number of alkyl halides is 2. The van der Waals surface area contributed by atoms with Gasteiger partial charge in [0.25, 0.3) is 6.43 Å². The molecule has 0 bridgehead atoms. The second-order valence-corrected chi connectivity index (χ2v) is 4.20. The number of hydrogen-bond donors (Lipinski definition) is 2. The molecule has 1 aromatic rings. The van der Waals surface area contributed by atoms with Crippen LogP contribution in [0.15, 0.2) is 24.3 Å². The second-order valence-electron chi connectivity index (χ2n) is 3.80. The van der Waals surface area contributed by atoms with Crippen molar-refractivity contribution in [3.8, 4) is 0 Å². The molecule has 100 valence electrons. The Bertz CT molecular complexity index is 401. The maximum Gasteiger partial charge on any atom is 0.265 e. The van der Waals surface area contributed by atoms with E-state index in [-0.39, 0.29) is 6.42 Å². The van der Waals surface area contributed by atoms with Crippen LogP contribution in [0, 0.1) is 0 Å². The minimum Gasteiger partial charge on any atom is -0.385 e. The third kappa shape index (κ3) is 4.98. The van der Waals surface area contributed by atoms with Crippen LogP contribution in [0.2, 0.25) is 5.02 Å². The van der Waals surface area contributed by atoms with E-state index in [4.69, 9.17) is 16.7 Å². The Morgan fingerprint density at radius 1 is 1.39 bits per heavy atom. The maximum atomic E-state index is 12.0. The number of hydrogen-bond acceptors (Lipinski definition) is 2. The van der Waals surface area contributed by atoms with Crippen LogP contribution in [0.1, 0.15) is 12.0 Å². The van der Waals surface area contributed by atoms with Crippen molar-refractivity contribution in [1.82, 2.24) is 5.32 Å². The van der Waals surface area contributed by atoms with E-state index in [0.29, 0.717) is 11.4 Å². The van der Waals surface area contributed by atoms with Gasteiger partial charge in [-0.15, -0.1) is 0 Å². The normalized spacial score (nSPS) is 12.5. The molecule has 0 saturated heterocycles. The van der Waals surface area contributed by atoms with Crippen molar-refractivity contribution in [2.45, 2.75) is 25.4 Å². The summed E-state index contributed by atoms with van der Waals surface area (Å²) in [5, 5.41) is 11.6. The van der Waals surface area contributed by atoms with Crippen molar-refractivity contribution in [2.75, 3.05) is 6.54 Å². The molecular formula is C12H14ClF2NO2. The smallest absolute Gasteiger partial charge is 0.265 e. The van der Waals surface area contributed by atoms with Crippen LogP contribution in [0.5, 0.6) is 0 Å². The molecule has 18 heavy (non-hydrogen) atoms. The van der Waals surface area contributed by atoms with Crippen LogP contribution in [0.3, 0.4) is 0 Å². The number of aliphatic hydroxyl groups is 1. The van der Waals surface area contributed by atoms with Gasteiger partial charge in [0, 0.05) is 18.0 Å². The molecule has 1 unspecified atom stereocenters. The zero-order valence-electron chi connectivity index (χ0n) is 9.57. The Labute approximate surface area is 109 Å². The SMILES string of the molecule is O=C(CCc1ccccc1Cl)NCC(O)C(F)F. The third-order valence-electron chi connectivity index (χ3n) is 2.38. The van der Waals surface area contributed by atoms with E-state index in [0.717, 1.165) is 5.56 Å². The molecule has 1 atom stereocenters. The van der Waals surface area contributed by atoms with Crippen molar-refractivity contribution in [2.24, 2.45) is 0 Å². The molecule has 3 nitrogen and oxygen atoms in total.